The Morgan fingerprint density at radius 1 is 1.03 bits per heavy atom. The van der Waals surface area contributed by atoms with Gasteiger partial charge in [0.05, 0.1) is 35.8 Å². The summed E-state index contributed by atoms with van der Waals surface area (Å²) in [5.74, 6) is 0.370. The highest BCUT2D eigenvalue weighted by Crippen LogP contribution is 2.43. The lowest BCUT2D eigenvalue weighted by Crippen LogP contribution is -2.24. The second-order valence-corrected chi connectivity index (χ2v) is 6.89. The van der Waals surface area contributed by atoms with Gasteiger partial charge >= 0.3 is 0 Å². The van der Waals surface area contributed by atoms with Crippen LogP contribution in [0.4, 0.5) is 5.69 Å². The van der Waals surface area contributed by atoms with Crippen molar-refractivity contribution in [3.05, 3.63) is 61.9 Å². The molecule has 0 fully saturated rings. The molecule has 1 heterocycles. The minimum atomic E-state index is -0.552. The molecule has 0 bridgehead atoms. The highest BCUT2D eigenvalue weighted by atomic mass is 35.5. The Labute approximate surface area is 182 Å². The molecule has 3 aromatic rings. The van der Waals surface area contributed by atoms with E-state index in [1.54, 1.807) is 12.1 Å². The molecule has 9 nitrogen and oxygen atoms in total. The van der Waals surface area contributed by atoms with Crippen molar-refractivity contribution in [2.24, 2.45) is 5.73 Å². The van der Waals surface area contributed by atoms with Gasteiger partial charge in [0.2, 0.25) is 0 Å². The molecule has 1 aliphatic carbocycles. The lowest BCUT2D eigenvalue weighted by atomic mass is 10.0. The fourth-order valence-electron chi connectivity index (χ4n) is 3.92. The van der Waals surface area contributed by atoms with Gasteiger partial charge in [-0.15, -0.1) is 12.4 Å². The first-order chi connectivity index (χ1) is 14.4. The van der Waals surface area contributed by atoms with E-state index >= 15 is 0 Å². The molecule has 10 heteroatoms. The number of ketones is 1. The number of hydrogen-bond donors (Lipinski definition) is 1. The van der Waals surface area contributed by atoms with E-state index in [1.165, 1.54) is 37.0 Å². The number of ether oxygens (including phenoxy) is 2. The number of fused-ring (bicyclic) bond motifs is 5. The topological polar surface area (TPSA) is 127 Å². The van der Waals surface area contributed by atoms with Gasteiger partial charge in [-0.25, -0.2) is 0 Å². The van der Waals surface area contributed by atoms with Crippen LogP contribution in [0.5, 0.6) is 11.5 Å². The monoisotopic (exact) mass is 445 g/mol. The molecule has 2 aromatic carbocycles. The third-order valence-electron chi connectivity index (χ3n) is 5.30. The van der Waals surface area contributed by atoms with Gasteiger partial charge in [0.1, 0.15) is 0 Å². The van der Waals surface area contributed by atoms with Crippen LogP contribution in [0.3, 0.4) is 0 Å². The fraction of sp³-hybridized carbons (Fsp3) is 0.238. The first-order valence-electron chi connectivity index (χ1n) is 9.29. The van der Waals surface area contributed by atoms with Gasteiger partial charge in [-0.1, -0.05) is 0 Å². The zero-order valence-electron chi connectivity index (χ0n) is 16.8. The van der Waals surface area contributed by atoms with Gasteiger partial charge in [0.15, 0.2) is 17.3 Å². The third kappa shape index (κ3) is 3.31. The van der Waals surface area contributed by atoms with Crippen LogP contribution >= 0.6 is 12.4 Å². The summed E-state index contributed by atoms with van der Waals surface area (Å²) in [4.78, 5) is 37.3. The molecule has 0 amide bonds. The van der Waals surface area contributed by atoms with Gasteiger partial charge in [-0.3, -0.25) is 19.7 Å². The predicted molar refractivity (Wildman–Crippen MR) is 118 cm³/mol. The highest BCUT2D eigenvalue weighted by molar-refractivity contribution is 6.27. The van der Waals surface area contributed by atoms with E-state index in [2.05, 4.69) is 0 Å². The molecule has 162 valence electrons. The van der Waals surface area contributed by atoms with Crippen molar-refractivity contribution in [3.8, 4) is 22.8 Å². The summed E-state index contributed by atoms with van der Waals surface area (Å²) in [7, 11) is 2.93. The molecule has 0 aliphatic heterocycles. The third-order valence-corrected chi connectivity index (χ3v) is 5.30. The number of rotatable bonds is 6. The zero-order chi connectivity index (χ0) is 21.6. The molecule has 0 saturated heterocycles. The average Bonchev–Trinajstić information content (AvgIpc) is 3.04. The summed E-state index contributed by atoms with van der Waals surface area (Å²) in [6.45, 7) is 0.678. The SMILES string of the molecule is COc1cc2c3c(n(CCCN)c(=O)c2cc1OC)-c1ccc([N+](=O)[O-])cc1C3=O.Cl. The Balaban J connectivity index is 0.00000272. The number of hydrogen-bond acceptors (Lipinski definition) is 7. The van der Waals surface area contributed by atoms with Gasteiger partial charge < -0.3 is 19.8 Å². The van der Waals surface area contributed by atoms with Crippen molar-refractivity contribution in [2.75, 3.05) is 20.8 Å². The molecule has 0 saturated carbocycles. The van der Waals surface area contributed by atoms with Crippen molar-refractivity contribution in [1.29, 1.82) is 0 Å². The van der Waals surface area contributed by atoms with E-state index in [0.29, 0.717) is 58.6 Å². The van der Waals surface area contributed by atoms with E-state index in [4.69, 9.17) is 15.2 Å². The van der Waals surface area contributed by atoms with Gasteiger partial charge in [-0.05, 0) is 31.2 Å². The molecule has 0 spiro atoms. The minimum Gasteiger partial charge on any atom is -0.493 e. The lowest BCUT2D eigenvalue weighted by molar-refractivity contribution is -0.384. The quantitative estimate of drug-likeness (QED) is 0.357. The molecule has 0 radical (unpaired) electrons. The van der Waals surface area contributed by atoms with Crippen molar-refractivity contribution in [1.82, 2.24) is 4.57 Å². The number of halogens is 1. The first kappa shape index (κ1) is 22.3. The van der Waals surface area contributed by atoms with Crippen molar-refractivity contribution in [3.63, 3.8) is 0 Å². The zero-order valence-corrected chi connectivity index (χ0v) is 17.7. The number of methoxy groups -OCH3 is 2. The van der Waals surface area contributed by atoms with Crippen LogP contribution in [0.1, 0.15) is 22.3 Å². The minimum absolute atomic E-state index is 0. The molecule has 0 atom stereocenters. The molecule has 1 aliphatic rings. The second-order valence-electron chi connectivity index (χ2n) is 6.89. The number of nitro benzene ring substituents is 1. The fourth-order valence-corrected chi connectivity index (χ4v) is 3.92. The molecule has 4 rings (SSSR count). The van der Waals surface area contributed by atoms with E-state index in [1.807, 2.05) is 0 Å². The lowest BCUT2D eigenvalue weighted by Gasteiger charge is -2.16. The number of non-ortho nitro benzene ring substituents is 1. The number of nitrogens with zero attached hydrogens (tertiary/aromatic N) is 2. The van der Waals surface area contributed by atoms with Crippen molar-refractivity contribution in [2.45, 2.75) is 13.0 Å². The standard InChI is InChI=1S/C21H19N3O6.ClH/c1-29-16-9-13-15(10-17(16)30-2)21(26)23(7-3-6-22)19-12-5-4-11(24(27)28)8-14(12)20(25)18(13)19;/h4-5,8-10H,3,6-7,22H2,1-2H3;1H. The molecular weight excluding hydrogens is 426 g/mol. The van der Waals surface area contributed by atoms with Crippen LogP contribution in [-0.4, -0.2) is 36.0 Å². The van der Waals surface area contributed by atoms with E-state index < -0.39 is 4.92 Å². The van der Waals surface area contributed by atoms with E-state index in [9.17, 15) is 19.7 Å². The van der Waals surface area contributed by atoms with Crippen LogP contribution in [0.15, 0.2) is 35.1 Å². The Morgan fingerprint density at radius 2 is 1.68 bits per heavy atom. The Kier molecular flexibility index (Phi) is 6.01. The molecule has 1 aromatic heterocycles. The average molecular weight is 446 g/mol. The van der Waals surface area contributed by atoms with Crippen LogP contribution in [-0.2, 0) is 6.54 Å². The summed E-state index contributed by atoms with van der Waals surface area (Å²) in [5, 5.41) is 11.9. The Hall–Kier alpha value is -3.43. The summed E-state index contributed by atoms with van der Waals surface area (Å²) in [6.07, 6.45) is 0.529. The smallest absolute Gasteiger partial charge is 0.270 e. The number of carbonyl (C=O) groups excluding carboxylic acids is 1. The number of pyridine rings is 1. The van der Waals surface area contributed by atoms with Crippen LogP contribution in [0.25, 0.3) is 22.0 Å². The first-order valence-corrected chi connectivity index (χ1v) is 9.29. The maximum Gasteiger partial charge on any atom is 0.270 e. The summed E-state index contributed by atoms with van der Waals surface area (Å²) in [5.41, 5.74) is 6.62. The van der Waals surface area contributed by atoms with Gasteiger partial charge in [0.25, 0.3) is 11.2 Å². The number of nitrogens with two attached hydrogens (primary N) is 1. The maximum absolute atomic E-state index is 13.4. The van der Waals surface area contributed by atoms with E-state index in [0.717, 1.165) is 0 Å². The number of benzene rings is 2. The number of carbonyl (C=O) groups is 1. The largest absolute Gasteiger partial charge is 0.493 e. The predicted octanol–water partition coefficient (Wildman–Crippen LogP) is 2.91. The van der Waals surface area contributed by atoms with E-state index in [-0.39, 0.29) is 35.0 Å². The van der Waals surface area contributed by atoms with Crippen molar-refractivity contribution >= 4 is 34.7 Å². The van der Waals surface area contributed by atoms with Crippen molar-refractivity contribution < 1.29 is 19.2 Å². The molecule has 0 unspecified atom stereocenters. The molecule has 31 heavy (non-hydrogen) atoms. The van der Waals surface area contributed by atoms with Crippen LogP contribution in [0.2, 0.25) is 0 Å². The highest BCUT2D eigenvalue weighted by Gasteiger charge is 2.34. The normalized spacial score (nSPS) is 11.6. The Morgan fingerprint density at radius 3 is 2.26 bits per heavy atom. The van der Waals surface area contributed by atoms with Crippen LogP contribution in [0, 0.1) is 10.1 Å². The van der Waals surface area contributed by atoms with Gasteiger partial charge in [0, 0.05) is 35.2 Å². The summed E-state index contributed by atoms with van der Waals surface area (Å²) < 4.78 is 12.2. The van der Waals surface area contributed by atoms with Crippen LogP contribution < -0.4 is 20.8 Å². The molecular formula is C21H20ClN3O6. The maximum atomic E-state index is 13.4. The summed E-state index contributed by atoms with van der Waals surface area (Å²) >= 11 is 0. The second kappa shape index (κ2) is 8.37. The number of aromatic nitrogens is 1. The summed E-state index contributed by atoms with van der Waals surface area (Å²) in [6, 6.07) is 7.25. The number of nitro groups is 1. The van der Waals surface area contributed by atoms with Gasteiger partial charge in [-0.2, -0.15) is 0 Å². The molecule has 2 N–H and O–H groups in total. The Bertz CT molecular complexity index is 1280.